The van der Waals surface area contributed by atoms with Gasteiger partial charge in [0.15, 0.2) is 5.78 Å². The second-order valence-corrected chi connectivity index (χ2v) is 8.12. The Labute approximate surface area is 189 Å². The van der Waals surface area contributed by atoms with Crippen LogP contribution in [0.1, 0.15) is 21.6 Å². The van der Waals surface area contributed by atoms with Gasteiger partial charge < -0.3 is 0 Å². The van der Waals surface area contributed by atoms with Crippen LogP contribution in [0.15, 0.2) is 72.8 Å². The van der Waals surface area contributed by atoms with Crippen molar-refractivity contribution in [2.45, 2.75) is 6.92 Å². The molecule has 3 aromatic carbocycles. The Kier molecular flexibility index (Phi) is 5.92. The molecular weight excluding hydrogens is 437 g/mol. The first-order chi connectivity index (χ1) is 14.4. The number of aryl methyl sites for hydroxylation is 1. The average molecular weight is 453 g/mol. The van der Waals surface area contributed by atoms with Crippen LogP contribution in [0, 0.1) is 6.92 Å². The Balaban J connectivity index is 1.90. The van der Waals surface area contributed by atoms with Crippen LogP contribution in [-0.4, -0.2) is 10.8 Å². The summed E-state index contributed by atoms with van der Waals surface area (Å²) < 4.78 is 0. The van der Waals surface area contributed by atoms with Crippen molar-refractivity contribution in [2.75, 3.05) is 0 Å². The summed E-state index contributed by atoms with van der Waals surface area (Å²) in [5.41, 5.74) is 4.38. The Morgan fingerprint density at radius 1 is 0.900 bits per heavy atom. The zero-order valence-corrected chi connectivity index (χ0v) is 18.3. The molecule has 2 nitrogen and oxygen atoms in total. The van der Waals surface area contributed by atoms with Gasteiger partial charge in [-0.1, -0.05) is 71.2 Å². The summed E-state index contributed by atoms with van der Waals surface area (Å²) in [5, 5.41) is 2.54. The molecule has 0 atom stereocenters. The van der Waals surface area contributed by atoms with E-state index < -0.39 is 0 Å². The smallest absolute Gasteiger partial charge is 0.188 e. The van der Waals surface area contributed by atoms with Gasteiger partial charge in [-0.3, -0.25) is 9.78 Å². The highest BCUT2D eigenvalue weighted by molar-refractivity contribution is 6.34. The number of hydrogen-bond donors (Lipinski definition) is 0. The zero-order chi connectivity index (χ0) is 21.3. The fourth-order valence-electron chi connectivity index (χ4n) is 3.46. The highest BCUT2D eigenvalue weighted by Gasteiger charge is 2.19. The normalized spacial score (nSPS) is 11.3. The standard InChI is InChI=1S/C25H16Cl3NO/c1-15-24(23(30)12-7-17-13-18(26)9-11-21(17)28)25(16-5-3-2-4-6-16)20-10-8-19(27)14-22(20)29-15/h2-14H,1H3. The van der Waals surface area contributed by atoms with Crippen molar-refractivity contribution in [3.8, 4) is 11.1 Å². The highest BCUT2D eigenvalue weighted by Crippen LogP contribution is 2.34. The maximum absolute atomic E-state index is 13.3. The lowest BCUT2D eigenvalue weighted by atomic mass is 9.92. The van der Waals surface area contributed by atoms with E-state index in [0.29, 0.717) is 31.9 Å². The van der Waals surface area contributed by atoms with Gasteiger partial charge in [0.25, 0.3) is 0 Å². The molecule has 0 amide bonds. The van der Waals surface area contributed by atoms with Gasteiger partial charge in [-0.15, -0.1) is 0 Å². The van der Waals surface area contributed by atoms with E-state index in [1.807, 2.05) is 55.5 Å². The van der Waals surface area contributed by atoms with E-state index in [-0.39, 0.29) is 5.78 Å². The number of allylic oxidation sites excluding steroid dienone is 1. The molecule has 0 aliphatic heterocycles. The topological polar surface area (TPSA) is 30.0 Å². The van der Waals surface area contributed by atoms with Gasteiger partial charge in [-0.25, -0.2) is 0 Å². The maximum Gasteiger partial charge on any atom is 0.188 e. The van der Waals surface area contributed by atoms with E-state index in [4.69, 9.17) is 34.8 Å². The van der Waals surface area contributed by atoms with Crippen LogP contribution < -0.4 is 0 Å². The SMILES string of the molecule is Cc1nc2cc(Cl)ccc2c(-c2ccccc2)c1C(=O)C=Cc1cc(Cl)ccc1Cl. The van der Waals surface area contributed by atoms with Gasteiger partial charge in [0.2, 0.25) is 0 Å². The van der Waals surface area contributed by atoms with Gasteiger partial charge in [-0.2, -0.15) is 0 Å². The summed E-state index contributed by atoms with van der Waals surface area (Å²) in [5.74, 6) is -0.160. The number of pyridine rings is 1. The number of ketones is 1. The minimum atomic E-state index is -0.160. The number of halogens is 3. The molecular formula is C25H16Cl3NO. The van der Waals surface area contributed by atoms with Crippen LogP contribution in [0.4, 0.5) is 0 Å². The second-order valence-electron chi connectivity index (χ2n) is 6.84. The van der Waals surface area contributed by atoms with Crippen molar-refractivity contribution in [1.82, 2.24) is 4.98 Å². The Morgan fingerprint density at radius 3 is 2.37 bits per heavy atom. The van der Waals surface area contributed by atoms with Crippen LogP contribution in [0.3, 0.4) is 0 Å². The molecule has 0 spiro atoms. The number of aromatic nitrogens is 1. The first kappa shape index (κ1) is 20.6. The summed E-state index contributed by atoms with van der Waals surface area (Å²) >= 11 is 18.5. The minimum Gasteiger partial charge on any atom is -0.289 e. The van der Waals surface area contributed by atoms with Crippen LogP contribution >= 0.6 is 34.8 Å². The lowest BCUT2D eigenvalue weighted by Crippen LogP contribution is -2.05. The quantitative estimate of drug-likeness (QED) is 0.231. The van der Waals surface area contributed by atoms with Crippen molar-refractivity contribution in [1.29, 1.82) is 0 Å². The molecule has 4 aromatic rings. The number of benzene rings is 3. The Hall–Kier alpha value is -2.65. The molecule has 0 fully saturated rings. The Morgan fingerprint density at radius 2 is 1.60 bits per heavy atom. The van der Waals surface area contributed by atoms with Crippen LogP contribution in [0.5, 0.6) is 0 Å². The third-order valence-corrected chi connectivity index (χ3v) is 5.62. The van der Waals surface area contributed by atoms with E-state index in [9.17, 15) is 4.79 Å². The maximum atomic E-state index is 13.3. The van der Waals surface area contributed by atoms with Gasteiger partial charge in [-0.05, 0) is 60.5 Å². The molecule has 0 N–H and O–H groups in total. The second kappa shape index (κ2) is 8.61. The lowest BCUT2D eigenvalue weighted by Gasteiger charge is -2.14. The van der Waals surface area contributed by atoms with Crippen molar-refractivity contribution in [3.63, 3.8) is 0 Å². The molecule has 0 bridgehead atoms. The number of carbonyl (C=O) groups is 1. The molecule has 5 heteroatoms. The first-order valence-electron chi connectivity index (χ1n) is 9.27. The number of carbonyl (C=O) groups excluding carboxylic acids is 1. The number of hydrogen-bond acceptors (Lipinski definition) is 2. The zero-order valence-electron chi connectivity index (χ0n) is 16.0. The van der Waals surface area contributed by atoms with E-state index in [1.54, 1.807) is 24.3 Å². The van der Waals surface area contributed by atoms with Crippen molar-refractivity contribution in [3.05, 3.63) is 105 Å². The van der Waals surface area contributed by atoms with Gasteiger partial charge in [0, 0.05) is 31.7 Å². The van der Waals surface area contributed by atoms with Crippen molar-refractivity contribution in [2.24, 2.45) is 0 Å². The largest absolute Gasteiger partial charge is 0.289 e. The average Bonchev–Trinajstić information content (AvgIpc) is 2.73. The molecule has 0 aliphatic carbocycles. The minimum absolute atomic E-state index is 0.160. The predicted octanol–water partition coefficient (Wildman–Crippen LogP) is 8.07. The van der Waals surface area contributed by atoms with Crippen LogP contribution in [0.25, 0.3) is 28.1 Å². The molecule has 0 saturated carbocycles. The fourth-order valence-corrected chi connectivity index (χ4v) is 3.99. The molecule has 0 radical (unpaired) electrons. The summed E-state index contributed by atoms with van der Waals surface area (Å²) in [6.45, 7) is 1.83. The fraction of sp³-hybridized carbons (Fsp3) is 0.0400. The molecule has 30 heavy (non-hydrogen) atoms. The summed E-state index contributed by atoms with van der Waals surface area (Å²) in [7, 11) is 0. The van der Waals surface area contributed by atoms with Crippen molar-refractivity contribution >= 4 is 57.6 Å². The Bertz CT molecular complexity index is 1300. The van der Waals surface area contributed by atoms with Gasteiger partial charge in [0.05, 0.1) is 11.1 Å². The third-order valence-electron chi connectivity index (χ3n) is 4.81. The summed E-state index contributed by atoms with van der Waals surface area (Å²) in [6, 6.07) is 20.5. The summed E-state index contributed by atoms with van der Waals surface area (Å²) in [6.07, 6.45) is 3.19. The van der Waals surface area contributed by atoms with E-state index in [2.05, 4.69) is 4.98 Å². The van der Waals surface area contributed by atoms with Crippen LogP contribution in [-0.2, 0) is 0 Å². The number of nitrogens with zero attached hydrogens (tertiary/aromatic N) is 1. The van der Waals surface area contributed by atoms with E-state index in [0.717, 1.165) is 22.0 Å². The molecule has 0 aliphatic rings. The lowest BCUT2D eigenvalue weighted by molar-refractivity contribution is 0.104. The third kappa shape index (κ3) is 4.13. The number of fused-ring (bicyclic) bond motifs is 1. The molecule has 4 rings (SSSR count). The van der Waals surface area contributed by atoms with E-state index in [1.165, 1.54) is 6.08 Å². The van der Waals surface area contributed by atoms with Crippen molar-refractivity contribution < 1.29 is 4.79 Å². The predicted molar refractivity (Wildman–Crippen MR) is 127 cm³/mol. The van der Waals surface area contributed by atoms with E-state index >= 15 is 0 Å². The molecule has 0 saturated heterocycles. The molecule has 0 unspecified atom stereocenters. The number of rotatable bonds is 4. The highest BCUT2D eigenvalue weighted by atomic mass is 35.5. The molecule has 148 valence electrons. The first-order valence-corrected chi connectivity index (χ1v) is 10.4. The van der Waals surface area contributed by atoms with Gasteiger partial charge >= 0.3 is 0 Å². The summed E-state index contributed by atoms with van der Waals surface area (Å²) in [4.78, 5) is 18.0. The van der Waals surface area contributed by atoms with Gasteiger partial charge in [0.1, 0.15) is 0 Å². The monoisotopic (exact) mass is 451 g/mol. The molecule has 1 heterocycles. The molecule has 1 aromatic heterocycles. The van der Waals surface area contributed by atoms with Crippen LogP contribution in [0.2, 0.25) is 15.1 Å².